The molecule has 0 aliphatic heterocycles. The number of aromatic nitrogens is 2. The Labute approximate surface area is 162 Å². The summed E-state index contributed by atoms with van der Waals surface area (Å²) in [5.74, 6) is 1.22. The van der Waals surface area contributed by atoms with Crippen molar-refractivity contribution in [2.75, 3.05) is 13.7 Å². The molecule has 7 heteroatoms. The quantitative estimate of drug-likeness (QED) is 0.630. The Bertz CT molecular complexity index is 955. The lowest BCUT2D eigenvalue weighted by molar-refractivity contribution is 0.0769. The minimum Gasteiger partial charge on any atom is -0.492 e. The third-order valence-electron chi connectivity index (χ3n) is 4.05. The number of hydrogen-bond acceptors (Lipinski definition) is 5. The Balaban J connectivity index is 1.72. The molecule has 0 N–H and O–H groups in total. The molecule has 6 nitrogen and oxygen atoms in total. The van der Waals surface area contributed by atoms with Gasteiger partial charge >= 0.3 is 0 Å². The van der Waals surface area contributed by atoms with E-state index in [9.17, 15) is 4.79 Å². The molecule has 0 atom stereocenters. The molecule has 0 aliphatic rings. The average molecular weight is 386 g/mol. The van der Waals surface area contributed by atoms with E-state index in [-0.39, 0.29) is 12.5 Å². The standard InChI is InChI=1S/C20H20ClN3O3/c1-4-26-17-10-9-14(11-16(17)21)20(25)24(3)12-18-22-19(23-27-18)15-8-6-5-7-13(15)2/h5-11H,4,12H2,1-3H3. The molecule has 0 bridgehead atoms. The summed E-state index contributed by atoms with van der Waals surface area (Å²) in [5.41, 5.74) is 2.42. The highest BCUT2D eigenvalue weighted by Gasteiger charge is 2.18. The van der Waals surface area contributed by atoms with Gasteiger partial charge in [0.2, 0.25) is 11.7 Å². The Morgan fingerprint density at radius 3 is 2.74 bits per heavy atom. The molecule has 0 aliphatic carbocycles. The van der Waals surface area contributed by atoms with Crippen LogP contribution in [0.1, 0.15) is 28.7 Å². The van der Waals surface area contributed by atoms with Gasteiger partial charge in [-0.05, 0) is 37.6 Å². The van der Waals surface area contributed by atoms with Crippen LogP contribution in [-0.2, 0) is 6.54 Å². The van der Waals surface area contributed by atoms with Crippen molar-refractivity contribution in [3.8, 4) is 17.1 Å². The topological polar surface area (TPSA) is 68.5 Å². The fraction of sp³-hybridized carbons (Fsp3) is 0.250. The van der Waals surface area contributed by atoms with Crippen molar-refractivity contribution < 1.29 is 14.1 Å². The first-order valence-electron chi connectivity index (χ1n) is 8.56. The number of ether oxygens (including phenoxy) is 1. The van der Waals surface area contributed by atoms with E-state index in [0.29, 0.717) is 34.7 Å². The second-order valence-electron chi connectivity index (χ2n) is 6.07. The number of benzene rings is 2. The number of carbonyl (C=O) groups excluding carboxylic acids is 1. The smallest absolute Gasteiger partial charge is 0.254 e. The molecule has 1 heterocycles. The van der Waals surface area contributed by atoms with Crippen LogP contribution in [0.3, 0.4) is 0 Å². The van der Waals surface area contributed by atoms with Crippen LogP contribution in [0.15, 0.2) is 47.0 Å². The second-order valence-corrected chi connectivity index (χ2v) is 6.47. The maximum absolute atomic E-state index is 12.6. The van der Waals surface area contributed by atoms with Crippen LogP contribution in [0, 0.1) is 6.92 Å². The van der Waals surface area contributed by atoms with Gasteiger partial charge in [0.1, 0.15) is 5.75 Å². The van der Waals surface area contributed by atoms with E-state index in [1.54, 1.807) is 25.2 Å². The minimum absolute atomic E-state index is 0.197. The van der Waals surface area contributed by atoms with E-state index in [1.165, 1.54) is 4.90 Å². The molecule has 1 amide bonds. The summed E-state index contributed by atoms with van der Waals surface area (Å²) in [6, 6.07) is 12.8. The Morgan fingerprint density at radius 2 is 2.04 bits per heavy atom. The normalized spacial score (nSPS) is 10.7. The Kier molecular flexibility index (Phi) is 5.76. The molecular formula is C20H20ClN3O3. The fourth-order valence-corrected chi connectivity index (χ4v) is 2.89. The van der Waals surface area contributed by atoms with Crippen LogP contribution >= 0.6 is 11.6 Å². The maximum atomic E-state index is 12.6. The summed E-state index contributed by atoms with van der Waals surface area (Å²) >= 11 is 6.17. The summed E-state index contributed by atoms with van der Waals surface area (Å²) in [6.07, 6.45) is 0. The average Bonchev–Trinajstić information content (AvgIpc) is 3.11. The number of hydrogen-bond donors (Lipinski definition) is 0. The van der Waals surface area contributed by atoms with E-state index >= 15 is 0 Å². The lowest BCUT2D eigenvalue weighted by atomic mass is 10.1. The lowest BCUT2D eigenvalue weighted by Crippen LogP contribution is -2.26. The van der Waals surface area contributed by atoms with Crippen molar-refractivity contribution in [3.63, 3.8) is 0 Å². The first kappa shape index (κ1) is 18.9. The van der Waals surface area contributed by atoms with Crippen molar-refractivity contribution in [2.24, 2.45) is 0 Å². The van der Waals surface area contributed by atoms with Gasteiger partial charge in [-0.1, -0.05) is 41.0 Å². The van der Waals surface area contributed by atoms with Crippen molar-refractivity contribution >= 4 is 17.5 Å². The van der Waals surface area contributed by atoms with Gasteiger partial charge in [-0.3, -0.25) is 4.79 Å². The molecule has 0 radical (unpaired) electrons. The van der Waals surface area contributed by atoms with Gasteiger partial charge in [0.25, 0.3) is 5.91 Å². The first-order chi connectivity index (χ1) is 13.0. The molecule has 1 aromatic heterocycles. The van der Waals surface area contributed by atoms with Gasteiger partial charge in [-0.15, -0.1) is 0 Å². The molecule has 0 saturated carbocycles. The Morgan fingerprint density at radius 1 is 1.26 bits per heavy atom. The zero-order valence-electron chi connectivity index (χ0n) is 15.4. The Hall–Kier alpha value is -2.86. The largest absolute Gasteiger partial charge is 0.492 e. The number of amides is 1. The highest BCUT2D eigenvalue weighted by atomic mass is 35.5. The molecule has 0 unspecified atom stereocenters. The summed E-state index contributed by atoms with van der Waals surface area (Å²) in [4.78, 5) is 18.5. The summed E-state index contributed by atoms with van der Waals surface area (Å²) < 4.78 is 10.7. The molecule has 0 spiro atoms. The monoisotopic (exact) mass is 385 g/mol. The fourth-order valence-electron chi connectivity index (χ4n) is 2.65. The molecule has 0 saturated heterocycles. The van der Waals surface area contributed by atoms with E-state index in [0.717, 1.165) is 11.1 Å². The van der Waals surface area contributed by atoms with Crippen LogP contribution in [0.4, 0.5) is 0 Å². The summed E-state index contributed by atoms with van der Waals surface area (Å²) in [5, 5.41) is 4.42. The van der Waals surface area contributed by atoms with Crippen LogP contribution in [0.5, 0.6) is 5.75 Å². The molecule has 2 aromatic carbocycles. The summed E-state index contributed by atoms with van der Waals surface area (Å²) in [6.45, 7) is 4.56. The van der Waals surface area contributed by atoms with Gasteiger partial charge in [-0.2, -0.15) is 4.98 Å². The van der Waals surface area contributed by atoms with E-state index in [4.69, 9.17) is 20.9 Å². The lowest BCUT2D eigenvalue weighted by Gasteiger charge is -2.15. The van der Waals surface area contributed by atoms with Gasteiger partial charge in [-0.25, -0.2) is 0 Å². The van der Waals surface area contributed by atoms with E-state index < -0.39 is 0 Å². The van der Waals surface area contributed by atoms with Crippen LogP contribution in [-0.4, -0.2) is 34.6 Å². The first-order valence-corrected chi connectivity index (χ1v) is 8.93. The number of nitrogens with zero attached hydrogens (tertiary/aromatic N) is 3. The predicted molar refractivity (Wildman–Crippen MR) is 103 cm³/mol. The molecular weight excluding hydrogens is 366 g/mol. The minimum atomic E-state index is -0.199. The third kappa shape index (κ3) is 4.28. The van der Waals surface area contributed by atoms with Gasteiger partial charge in [0.05, 0.1) is 18.2 Å². The van der Waals surface area contributed by atoms with Crippen LogP contribution in [0.2, 0.25) is 5.02 Å². The molecule has 140 valence electrons. The molecule has 27 heavy (non-hydrogen) atoms. The summed E-state index contributed by atoms with van der Waals surface area (Å²) in [7, 11) is 1.67. The zero-order valence-corrected chi connectivity index (χ0v) is 16.2. The number of carbonyl (C=O) groups is 1. The van der Waals surface area contributed by atoms with Gasteiger partial charge in [0.15, 0.2) is 0 Å². The van der Waals surface area contributed by atoms with Crippen molar-refractivity contribution in [3.05, 3.63) is 64.5 Å². The van der Waals surface area contributed by atoms with Crippen molar-refractivity contribution in [2.45, 2.75) is 20.4 Å². The van der Waals surface area contributed by atoms with Gasteiger partial charge in [0, 0.05) is 18.2 Å². The highest BCUT2D eigenvalue weighted by molar-refractivity contribution is 6.32. The van der Waals surface area contributed by atoms with Crippen LogP contribution < -0.4 is 4.74 Å². The number of aryl methyl sites for hydroxylation is 1. The molecule has 0 fully saturated rings. The number of rotatable bonds is 6. The maximum Gasteiger partial charge on any atom is 0.254 e. The predicted octanol–water partition coefficient (Wildman–Crippen LogP) is 4.37. The zero-order chi connectivity index (χ0) is 19.4. The van der Waals surface area contributed by atoms with Gasteiger partial charge < -0.3 is 14.2 Å². The van der Waals surface area contributed by atoms with E-state index in [2.05, 4.69) is 10.1 Å². The number of halogens is 1. The molecule has 3 aromatic rings. The van der Waals surface area contributed by atoms with Crippen LogP contribution in [0.25, 0.3) is 11.4 Å². The molecule has 3 rings (SSSR count). The van der Waals surface area contributed by atoms with E-state index in [1.807, 2.05) is 38.1 Å². The van der Waals surface area contributed by atoms with Crippen molar-refractivity contribution in [1.29, 1.82) is 0 Å². The van der Waals surface area contributed by atoms with Crippen molar-refractivity contribution in [1.82, 2.24) is 15.0 Å². The SMILES string of the molecule is CCOc1ccc(C(=O)N(C)Cc2nc(-c3ccccc3C)no2)cc1Cl. The third-order valence-corrected chi connectivity index (χ3v) is 4.35. The second kappa shape index (κ2) is 8.22. The highest BCUT2D eigenvalue weighted by Crippen LogP contribution is 2.26.